The Morgan fingerprint density at radius 1 is 1.00 bits per heavy atom. The van der Waals surface area contributed by atoms with Crippen LogP contribution < -0.4 is 10.1 Å². The minimum absolute atomic E-state index is 0.216. The van der Waals surface area contributed by atoms with Gasteiger partial charge in [0.2, 0.25) is 15.9 Å². The molecular formula is C23H28N2O4S. The number of sulfonamides is 1. The normalized spacial score (nSPS) is 15.6. The Kier molecular flexibility index (Phi) is 7.65. The van der Waals surface area contributed by atoms with E-state index in [2.05, 4.69) is 5.32 Å². The van der Waals surface area contributed by atoms with E-state index in [4.69, 9.17) is 4.74 Å². The van der Waals surface area contributed by atoms with Crippen molar-refractivity contribution in [1.82, 2.24) is 9.62 Å². The van der Waals surface area contributed by atoms with E-state index in [-0.39, 0.29) is 5.91 Å². The maximum atomic E-state index is 12.8. The minimum atomic E-state index is -3.46. The molecule has 0 spiro atoms. The lowest BCUT2D eigenvalue weighted by atomic mass is 10.2. The molecule has 1 saturated heterocycles. The zero-order valence-electron chi connectivity index (χ0n) is 17.2. The highest BCUT2D eigenvalue weighted by Crippen LogP contribution is 2.21. The van der Waals surface area contributed by atoms with E-state index in [1.165, 1.54) is 6.08 Å². The third-order valence-corrected chi connectivity index (χ3v) is 7.05. The number of carbonyl (C=O) groups excluding carboxylic acids is 1. The third kappa shape index (κ3) is 5.93. The summed E-state index contributed by atoms with van der Waals surface area (Å²) in [6.45, 7) is 1.58. The summed E-state index contributed by atoms with van der Waals surface area (Å²) >= 11 is 0. The van der Waals surface area contributed by atoms with Crippen molar-refractivity contribution in [1.29, 1.82) is 0 Å². The molecule has 0 saturated carbocycles. The molecule has 0 atom stereocenters. The zero-order valence-corrected chi connectivity index (χ0v) is 18.0. The van der Waals surface area contributed by atoms with Gasteiger partial charge in [-0.3, -0.25) is 4.79 Å². The van der Waals surface area contributed by atoms with Crippen LogP contribution in [0.1, 0.15) is 36.8 Å². The highest BCUT2D eigenvalue weighted by molar-refractivity contribution is 7.89. The fourth-order valence-electron chi connectivity index (χ4n) is 3.35. The van der Waals surface area contributed by atoms with Crippen LogP contribution in [0, 0.1) is 0 Å². The Labute approximate surface area is 178 Å². The molecule has 1 fully saturated rings. The lowest BCUT2D eigenvalue weighted by Crippen LogP contribution is -2.31. The minimum Gasteiger partial charge on any atom is -0.497 e. The topological polar surface area (TPSA) is 75.7 Å². The Balaban J connectivity index is 1.56. The summed E-state index contributed by atoms with van der Waals surface area (Å²) in [5.74, 6) is 0.554. The van der Waals surface area contributed by atoms with Gasteiger partial charge >= 0.3 is 0 Å². The molecule has 0 radical (unpaired) electrons. The van der Waals surface area contributed by atoms with Gasteiger partial charge < -0.3 is 10.1 Å². The number of methoxy groups -OCH3 is 1. The number of nitrogens with one attached hydrogen (secondary N) is 1. The maximum absolute atomic E-state index is 12.8. The average molecular weight is 429 g/mol. The lowest BCUT2D eigenvalue weighted by molar-refractivity contribution is -0.116. The molecule has 7 heteroatoms. The summed E-state index contributed by atoms with van der Waals surface area (Å²) in [7, 11) is -1.85. The van der Waals surface area contributed by atoms with Gasteiger partial charge in [0.1, 0.15) is 5.75 Å². The Hall–Kier alpha value is -2.64. The van der Waals surface area contributed by atoms with Crippen molar-refractivity contribution >= 4 is 22.0 Å². The Bertz CT molecular complexity index is 959. The first-order valence-electron chi connectivity index (χ1n) is 10.2. The van der Waals surface area contributed by atoms with Crippen LogP contribution in [-0.4, -0.2) is 38.8 Å². The second-order valence-electron chi connectivity index (χ2n) is 7.29. The molecule has 6 nitrogen and oxygen atoms in total. The van der Waals surface area contributed by atoms with Crippen LogP contribution in [0.4, 0.5) is 0 Å². The molecule has 0 unspecified atom stereocenters. The van der Waals surface area contributed by atoms with E-state index >= 15 is 0 Å². The molecule has 0 aliphatic carbocycles. The molecule has 160 valence electrons. The largest absolute Gasteiger partial charge is 0.497 e. The third-order valence-electron chi connectivity index (χ3n) is 5.14. The Morgan fingerprint density at radius 2 is 1.63 bits per heavy atom. The molecule has 1 N–H and O–H groups in total. The van der Waals surface area contributed by atoms with Gasteiger partial charge in [-0.05, 0) is 54.3 Å². The van der Waals surface area contributed by atoms with Crippen LogP contribution in [0.25, 0.3) is 6.08 Å². The van der Waals surface area contributed by atoms with E-state index in [0.29, 0.717) is 24.5 Å². The summed E-state index contributed by atoms with van der Waals surface area (Å²) in [4.78, 5) is 12.3. The summed E-state index contributed by atoms with van der Waals surface area (Å²) in [6, 6.07) is 14.1. The molecule has 30 heavy (non-hydrogen) atoms. The standard InChI is InChI=1S/C23H28N2O4S/c1-29-21-11-6-20(7-12-21)18-24-23(26)15-10-19-8-13-22(14-9-19)30(27,28)25-16-4-2-3-5-17-25/h6-15H,2-5,16-18H2,1H3,(H,24,26)/b15-10+. The first kappa shape index (κ1) is 22.1. The van der Waals surface area contributed by atoms with E-state index in [0.717, 1.165) is 42.6 Å². The monoisotopic (exact) mass is 428 g/mol. The highest BCUT2D eigenvalue weighted by atomic mass is 32.2. The van der Waals surface area contributed by atoms with Crippen LogP contribution in [-0.2, 0) is 21.4 Å². The fraction of sp³-hybridized carbons (Fsp3) is 0.348. The molecule has 1 heterocycles. The number of rotatable bonds is 7. The van der Waals surface area contributed by atoms with Crippen LogP contribution in [0.2, 0.25) is 0 Å². The van der Waals surface area contributed by atoms with E-state index in [9.17, 15) is 13.2 Å². The predicted molar refractivity (Wildman–Crippen MR) is 118 cm³/mol. The van der Waals surface area contributed by atoms with Gasteiger partial charge in [0, 0.05) is 25.7 Å². The Morgan fingerprint density at radius 3 is 2.23 bits per heavy atom. The smallest absolute Gasteiger partial charge is 0.244 e. The van der Waals surface area contributed by atoms with Crippen molar-refractivity contribution in [3.63, 3.8) is 0 Å². The van der Waals surface area contributed by atoms with Gasteiger partial charge in [-0.1, -0.05) is 37.1 Å². The molecular weight excluding hydrogens is 400 g/mol. The number of nitrogens with zero attached hydrogens (tertiary/aromatic N) is 1. The van der Waals surface area contributed by atoms with Gasteiger partial charge in [-0.25, -0.2) is 8.42 Å². The van der Waals surface area contributed by atoms with Crippen LogP contribution in [0.15, 0.2) is 59.5 Å². The first-order valence-corrected chi connectivity index (χ1v) is 11.6. The van der Waals surface area contributed by atoms with Crippen molar-refractivity contribution in [2.75, 3.05) is 20.2 Å². The van der Waals surface area contributed by atoms with Gasteiger partial charge in [-0.15, -0.1) is 0 Å². The summed E-state index contributed by atoms with van der Waals surface area (Å²) in [6.07, 6.45) is 7.09. The summed E-state index contributed by atoms with van der Waals surface area (Å²) < 4.78 is 32.3. The molecule has 1 aliphatic rings. The number of ether oxygens (including phenoxy) is 1. The molecule has 0 bridgehead atoms. The fourth-order valence-corrected chi connectivity index (χ4v) is 4.86. The van der Waals surface area contributed by atoms with Crippen molar-refractivity contribution in [3.05, 3.63) is 65.7 Å². The predicted octanol–water partition coefficient (Wildman–Crippen LogP) is 3.59. The van der Waals surface area contributed by atoms with Gasteiger partial charge in [-0.2, -0.15) is 4.31 Å². The van der Waals surface area contributed by atoms with E-state index in [1.807, 2.05) is 24.3 Å². The van der Waals surface area contributed by atoms with Gasteiger partial charge in [0.15, 0.2) is 0 Å². The first-order chi connectivity index (χ1) is 14.5. The van der Waals surface area contributed by atoms with Crippen molar-refractivity contribution < 1.29 is 17.9 Å². The maximum Gasteiger partial charge on any atom is 0.244 e. The second kappa shape index (κ2) is 10.4. The zero-order chi connectivity index (χ0) is 21.4. The molecule has 1 aliphatic heterocycles. The lowest BCUT2D eigenvalue weighted by Gasteiger charge is -2.19. The summed E-state index contributed by atoms with van der Waals surface area (Å²) in [5, 5.41) is 2.82. The molecule has 1 amide bonds. The number of benzene rings is 2. The van der Waals surface area contributed by atoms with Crippen molar-refractivity contribution in [3.8, 4) is 5.75 Å². The molecule has 3 rings (SSSR count). The SMILES string of the molecule is COc1ccc(CNC(=O)/C=C/c2ccc(S(=O)(=O)N3CCCCCC3)cc2)cc1. The van der Waals surface area contributed by atoms with Gasteiger partial charge in [0.25, 0.3) is 0 Å². The van der Waals surface area contributed by atoms with Crippen molar-refractivity contribution in [2.45, 2.75) is 37.1 Å². The van der Waals surface area contributed by atoms with Crippen LogP contribution >= 0.6 is 0 Å². The number of carbonyl (C=O) groups is 1. The number of hydrogen-bond acceptors (Lipinski definition) is 4. The molecule has 0 aromatic heterocycles. The molecule has 2 aromatic carbocycles. The quantitative estimate of drug-likeness (QED) is 0.684. The van der Waals surface area contributed by atoms with E-state index in [1.54, 1.807) is 41.8 Å². The molecule has 2 aromatic rings. The van der Waals surface area contributed by atoms with Crippen LogP contribution in [0.3, 0.4) is 0 Å². The highest BCUT2D eigenvalue weighted by Gasteiger charge is 2.24. The average Bonchev–Trinajstić information content (AvgIpc) is 3.07. The summed E-state index contributed by atoms with van der Waals surface area (Å²) in [5.41, 5.74) is 1.74. The number of amides is 1. The number of hydrogen-bond donors (Lipinski definition) is 1. The second-order valence-corrected chi connectivity index (χ2v) is 9.22. The van der Waals surface area contributed by atoms with E-state index < -0.39 is 10.0 Å². The van der Waals surface area contributed by atoms with Crippen LogP contribution in [0.5, 0.6) is 5.75 Å². The van der Waals surface area contributed by atoms with Crippen molar-refractivity contribution in [2.24, 2.45) is 0 Å². The van der Waals surface area contributed by atoms with Gasteiger partial charge in [0.05, 0.1) is 12.0 Å².